The van der Waals surface area contributed by atoms with Crippen LogP contribution in [0.1, 0.15) is 45.6 Å². The maximum absolute atomic E-state index is 12.3. The summed E-state index contributed by atoms with van der Waals surface area (Å²) in [5.74, 6) is 0.207. The van der Waals surface area contributed by atoms with Gasteiger partial charge in [-0.15, -0.1) is 0 Å². The van der Waals surface area contributed by atoms with Crippen LogP contribution in [0.3, 0.4) is 0 Å². The van der Waals surface area contributed by atoms with Gasteiger partial charge in [-0.1, -0.05) is 13.8 Å². The number of nitrogens with zero attached hydrogens (tertiary/aromatic N) is 2. The van der Waals surface area contributed by atoms with Gasteiger partial charge in [0.05, 0.1) is 6.20 Å². The lowest BCUT2D eigenvalue weighted by atomic mass is 9.88. The smallest absolute Gasteiger partial charge is 0.164 e. The SMILES string of the molecule is CCOC(CC)(CC)C(=O)CCc1cnn(C)c1. The van der Waals surface area contributed by atoms with Crippen LogP contribution in [0.4, 0.5) is 0 Å². The number of carbonyl (C=O) groups is 1. The third kappa shape index (κ3) is 3.42. The van der Waals surface area contributed by atoms with E-state index in [1.165, 1.54) is 0 Å². The Hall–Kier alpha value is -1.16. The van der Waals surface area contributed by atoms with Crippen molar-refractivity contribution in [3.8, 4) is 0 Å². The Morgan fingerprint density at radius 2 is 2.06 bits per heavy atom. The maximum atomic E-state index is 12.3. The summed E-state index contributed by atoms with van der Waals surface area (Å²) < 4.78 is 7.47. The van der Waals surface area contributed by atoms with Gasteiger partial charge in [-0.3, -0.25) is 9.48 Å². The van der Waals surface area contributed by atoms with Crippen molar-refractivity contribution >= 4 is 5.78 Å². The zero-order valence-corrected chi connectivity index (χ0v) is 11.9. The zero-order chi connectivity index (χ0) is 13.6. The molecule has 102 valence electrons. The largest absolute Gasteiger partial charge is 0.368 e. The van der Waals surface area contributed by atoms with Crippen molar-refractivity contribution in [2.75, 3.05) is 6.61 Å². The first kappa shape index (κ1) is 14.9. The van der Waals surface area contributed by atoms with E-state index in [9.17, 15) is 4.79 Å². The molecule has 0 aliphatic heterocycles. The second-order valence-electron chi connectivity index (χ2n) is 4.58. The Labute approximate surface area is 109 Å². The minimum Gasteiger partial charge on any atom is -0.368 e. The van der Waals surface area contributed by atoms with E-state index < -0.39 is 5.60 Å². The van der Waals surface area contributed by atoms with Crippen LogP contribution >= 0.6 is 0 Å². The van der Waals surface area contributed by atoms with E-state index in [1.54, 1.807) is 4.68 Å². The van der Waals surface area contributed by atoms with E-state index in [-0.39, 0.29) is 5.78 Å². The van der Waals surface area contributed by atoms with Gasteiger partial charge in [-0.05, 0) is 31.7 Å². The molecule has 0 atom stereocenters. The third-order valence-electron chi connectivity index (χ3n) is 3.47. The molecule has 0 saturated heterocycles. The van der Waals surface area contributed by atoms with Gasteiger partial charge in [-0.25, -0.2) is 0 Å². The highest BCUT2D eigenvalue weighted by molar-refractivity contribution is 5.87. The number of ketones is 1. The highest BCUT2D eigenvalue weighted by Gasteiger charge is 2.34. The van der Waals surface area contributed by atoms with Gasteiger partial charge in [0.1, 0.15) is 5.60 Å². The average molecular weight is 252 g/mol. The lowest BCUT2D eigenvalue weighted by Crippen LogP contribution is -2.40. The topological polar surface area (TPSA) is 44.1 Å². The molecule has 4 nitrogen and oxygen atoms in total. The summed E-state index contributed by atoms with van der Waals surface area (Å²) in [5.41, 5.74) is 0.514. The van der Waals surface area contributed by atoms with Gasteiger partial charge in [0.2, 0.25) is 0 Å². The summed E-state index contributed by atoms with van der Waals surface area (Å²) in [7, 11) is 1.88. The van der Waals surface area contributed by atoms with E-state index in [0.717, 1.165) is 24.8 Å². The predicted molar refractivity (Wildman–Crippen MR) is 71.5 cm³/mol. The van der Waals surface area contributed by atoms with Crippen molar-refractivity contribution in [1.29, 1.82) is 0 Å². The van der Waals surface area contributed by atoms with Crippen LogP contribution in [0.5, 0.6) is 0 Å². The molecule has 1 heterocycles. The molecule has 0 amide bonds. The molecular formula is C14H24N2O2. The molecule has 1 rings (SSSR count). The summed E-state index contributed by atoms with van der Waals surface area (Å²) in [6, 6.07) is 0. The van der Waals surface area contributed by atoms with Crippen LogP contribution in [0.25, 0.3) is 0 Å². The first-order valence-corrected chi connectivity index (χ1v) is 6.72. The molecule has 0 fully saturated rings. The molecule has 4 heteroatoms. The number of ether oxygens (including phenoxy) is 1. The monoisotopic (exact) mass is 252 g/mol. The van der Waals surface area contributed by atoms with Crippen LogP contribution in [0.15, 0.2) is 12.4 Å². The molecule has 1 aromatic heterocycles. The predicted octanol–water partition coefficient (Wildman–Crippen LogP) is 2.52. The van der Waals surface area contributed by atoms with E-state index in [4.69, 9.17) is 4.74 Å². The molecule has 0 unspecified atom stereocenters. The number of carbonyl (C=O) groups excluding carboxylic acids is 1. The summed E-state index contributed by atoms with van der Waals surface area (Å²) in [4.78, 5) is 12.3. The molecule has 0 aliphatic rings. The van der Waals surface area contributed by atoms with Gasteiger partial charge in [0.25, 0.3) is 0 Å². The number of rotatable bonds is 8. The van der Waals surface area contributed by atoms with Crippen molar-refractivity contribution in [2.45, 2.75) is 52.1 Å². The Kier molecular flexibility index (Phi) is 5.54. The summed E-state index contributed by atoms with van der Waals surface area (Å²) in [6.45, 7) is 6.55. The molecule has 1 aromatic rings. The average Bonchev–Trinajstić information content (AvgIpc) is 2.79. The minimum absolute atomic E-state index is 0.207. The lowest BCUT2D eigenvalue weighted by Gasteiger charge is -2.29. The summed E-state index contributed by atoms with van der Waals surface area (Å²) in [5, 5.41) is 4.11. The van der Waals surface area contributed by atoms with Gasteiger partial charge in [0.15, 0.2) is 5.78 Å². The molecule has 0 radical (unpaired) electrons. The fourth-order valence-corrected chi connectivity index (χ4v) is 2.29. The molecule has 0 aliphatic carbocycles. The second-order valence-corrected chi connectivity index (χ2v) is 4.58. The van der Waals surface area contributed by atoms with E-state index in [0.29, 0.717) is 13.0 Å². The van der Waals surface area contributed by atoms with E-state index in [1.807, 2.05) is 40.2 Å². The third-order valence-corrected chi connectivity index (χ3v) is 3.47. The normalized spacial score (nSPS) is 11.8. The van der Waals surface area contributed by atoms with Crippen LogP contribution in [0.2, 0.25) is 0 Å². The minimum atomic E-state index is -0.586. The van der Waals surface area contributed by atoms with Crippen LogP contribution in [-0.2, 0) is 23.0 Å². The van der Waals surface area contributed by atoms with Crippen LogP contribution in [-0.4, -0.2) is 27.8 Å². The maximum Gasteiger partial charge on any atom is 0.164 e. The van der Waals surface area contributed by atoms with Crippen molar-refractivity contribution in [3.05, 3.63) is 18.0 Å². The van der Waals surface area contributed by atoms with E-state index in [2.05, 4.69) is 5.10 Å². The van der Waals surface area contributed by atoms with E-state index >= 15 is 0 Å². The zero-order valence-electron chi connectivity index (χ0n) is 11.9. The van der Waals surface area contributed by atoms with Gasteiger partial charge in [0, 0.05) is 26.3 Å². The van der Waals surface area contributed by atoms with Gasteiger partial charge >= 0.3 is 0 Å². The van der Waals surface area contributed by atoms with Crippen molar-refractivity contribution in [2.24, 2.45) is 7.05 Å². The Balaban J connectivity index is 2.61. The quantitative estimate of drug-likeness (QED) is 0.714. The lowest BCUT2D eigenvalue weighted by molar-refractivity contribution is -0.145. The van der Waals surface area contributed by atoms with Crippen molar-refractivity contribution < 1.29 is 9.53 Å². The fraction of sp³-hybridized carbons (Fsp3) is 0.714. The first-order chi connectivity index (χ1) is 8.57. The van der Waals surface area contributed by atoms with Crippen LogP contribution in [0, 0.1) is 0 Å². The fourth-order valence-electron chi connectivity index (χ4n) is 2.29. The molecule has 0 N–H and O–H groups in total. The Bertz CT molecular complexity index is 381. The highest BCUT2D eigenvalue weighted by Crippen LogP contribution is 2.24. The summed E-state index contributed by atoms with van der Waals surface area (Å²) >= 11 is 0. The molecule has 0 bridgehead atoms. The number of hydrogen-bond donors (Lipinski definition) is 0. The second kappa shape index (κ2) is 6.69. The van der Waals surface area contributed by atoms with Crippen molar-refractivity contribution in [1.82, 2.24) is 9.78 Å². The number of aryl methyl sites for hydroxylation is 2. The van der Waals surface area contributed by atoms with Crippen molar-refractivity contribution in [3.63, 3.8) is 0 Å². The standard InChI is InChI=1S/C14H24N2O2/c1-5-14(6-2,18-7-3)13(17)9-8-12-10-15-16(4)11-12/h10-11H,5-9H2,1-4H3. The molecule has 0 spiro atoms. The number of hydrogen-bond acceptors (Lipinski definition) is 3. The molecule has 0 saturated carbocycles. The summed E-state index contributed by atoms with van der Waals surface area (Å²) in [6.07, 6.45) is 6.50. The molecular weight excluding hydrogens is 228 g/mol. The van der Waals surface area contributed by atoms with Gasteiger partial charge < -0.3 is 4.74 Å². The Morgan fingerprint density at radius 1 is 1.39 bits per heavy atom. The molecule has 18 heavy (non-hydrogen) atoms. The number of aromatic nitrogens is 2. The highest BCUT2D eigenvalue weighted by atomic mass is 16.5. The number of Topliss-reactive ketones (excluding diaryl/α,β-unsaturated/α-hetero) is 1. The van der Waals surface area contributed by atoms with Crippen LogP contribution < -0.4 is 0 Å². The first-order valence-electron chi connectivity index (χ1n) is 6.72. The van der Waals surface area contributed by atoms with Gasteiger partial charge in [-0.2, -0.15) is 5.10 Å². The Morgan fingerprint density at radius 3 is 2.50 bits per heavy atom. The molecule has 0 aromatic carbocycles.